The number of likely N-dealkylation sites (tertiary alicyclic amines) is 1. The molecule has 28 heavy (non-hydrogen) atoms. The van der Waals surface area contributed by atoms with Gasteiger partial charge in [0.25, 0.3) is 0 Å². The van der Waals surface area contributed by atoms with Crippen LogP contribution in [0, 0.1) is 0 Å². The predicted octanol–water partition coefficient (Wildman–Crippen LogP) is -1.97. The van der Waals surface area contributed by atoms with Gasteiger partial charge in [0.1, 0.15) is 18.1 Å². The van der Waals surface area contributed by atoms with Gasteiger partial charge in [0.15, 0.2) is 0 Å². The maximum Gasteiger partial charge on any atom is 0.326 e. The summed E-state index contributed by atoms with van der Waals surface area (Å²) in [6.45, 7) is -0.384. The molecule has 12 heteroatoms. The number of thiol groups is 1. The molecule has 0 aromatic rings. The number of carboxylic acid groups (broad SMARTS) is 1. The van der Waals surface area contributed by atoms with Gasteiger partial charge >= 0.3 is 5.97 Å². The Kier molecular flexibility index (Phi) is 10.6. The first kappa shape index (κ1) is 24.5. The van der Waals surface area contributed by atoms with E-state index in [1.54, 1.807) is 0 Å². The minimum Gasteiger partial charge on any atom is -0.480 e. The summed E-state index contributed by atoms with van der Waals surface area (Å²) in [5, 5.41) is 23.6. The fraction of sp³-hybridized carbons (Fsp3) is 0.750. The smallest absolute Gasteiger partial charge is 0.326 e. The number of nitrogens with zero attached hydrogens (tertiary/aromatic N) is 1. The fourth-order valence-electron chi connectivity index (χ4n) is 2.81. The van der Waals surface area contributed by atoms with Crippen molar-refractivity contribution in [1.82, 2.24) is 15.5 Å². The van der Waals surface area contributed by atoms with Crippen LogP contribution >= 0.6 is 24.4 Å². The van der Waals surface area contributed by atoms with Crippen molar-refractivity contribution >= 4 is 48.1 Å². The Hall–Kier alpha value is -1.50. The van der Waals surface area contributed by atoms with Gasteiger partial charge in [0, 0.05) is 12.3 Å². The van der Waals surface area contributed by atoms with Crippen LogP contribution in [0.5, 0.6) is 0 Å². The van der Waals surface area contributed by atoms with Crippen molar-refractivity contribution in [3.63, 3.8) is 0 Å². The molecule has 1 rings (SSSR count). The van der Waals surface area contributed by atoms with Gasteiger partial charge in [0.05, 0.1) is 12.6 Å². The Morgan fingerprint density at radius 2 is 1.96 bits per heavy atom. The molecule has 1 aliphatic heterocycles. The highest BCUT2D eigenvalue weighted by molar-refractivity contribution is 7.98. The topological polar surface area (TPSA) is 162 Å². The van der Waals surface area contributed by atoms with Crippen LogP contribution in [0.25, 0.3) is 0 Å². The number of nitrogens with one attached hydrogen (secondary N) is 2. The lowest BCUT2D eigenvalue weighted by atomic mass is 10.1. The highest BCUT2D eigenvalue weighted by atomic mass is 32.2. The molecule has 1 aliphatic rings. The molecule has 0 radical (unpaired) electrons. The Bertz CT molecular complexity index is 579. The van der Waals surface area contributed by atoms with Gasteiger partial charge in [-0.25, -0.2) is 4.79 Å². The van der Waals surface area contributed by atoms with Crippen molar-refractivity contribution in [2.75, 3.05) is 30.9 Å². The van der Waals surface area contributed by atoms with E-state index in [4.69, 9.17) is 5.73 Å². The van der Waals surface area contributed by atoms with E-state index in [1.807, 2.05) is 6.26 Å². The molecule has 3 amide bonds. The number of rotatable bonds is 11. The molecule has 1 heterocycles. The first-order chi connectivity index (χ1) is 13.3. The summed E-state index contributed by atoms with van der Waals surface area (Å²) < 4.78 is 0. The Labute approximate surface area is 173 Å². The van der Waals surface area contributed by atoms with E-state index in [0.29, 0.717) is 18.6 Å². The van der Waals surface area contributed by atoms with Gasteiger partial charge in [-0.05, 0) is 31.3 Å². The molecule has 0 aliphatic carbocycles. The van der Waals surface area contributed by atoms with Gasteiger partial charge in [0.2, 0.25) is 17.7 Å². The summed E-state index contributed by atoms with van der Waals surface area (Å²) in [5.74, 6) is -2.32. The molecule has 0 spiro atoms. The van der Waals surface area contributed by atoms with Gasteiger partial charge in [-0.2, -0.15) is 24.4 Å². The lowest BCUT2D eigenvalue weighted by molar-refractivity contribution is -0.145. The summed E-state index contributed by atoms with van der Waals surface area (Å²) in [6, 6.07) is -4.07. The summed E-state index contributed by atoms with van der Waals surface area (Å²) >= 11 is 5.38. The van der Waals surface area contributed by atoms with Crippen LogP contribution in [0.2, 0.25) is 0 Å². The maximum atomic E-state index is 12.7. The Morgan fingerprint density at radius 3 is 2.50 bits per heavy atom. The van der Waals surface area contributed by atoms with Gasteiger partial charge in [-0.1, -0.05) is 0 Å². The molecule has 0 bridgehead atoms. The standard InChI is InChI=1S/C16H28N4O6S2/c1-28-6-4-10(16(25)26)18-14(23)12-3-2-5-20(12)15(24)11(7-21)19-13(22)9(17)8-27/h9-12,21,27H,2-8,17H2,1H3,(H,18,23)(H,19,22)(H,25,26). The van der Waals surface area contributed by atoms with Gasteiger partial charge < -0.3 is 31.5 Å². The Morgan fingerprint density at radius 1 is 1.29 bits per heavy atom. The van der Waals surface area contributed by atoms with Gasteiger partial charge in [-0.3, -0.25) is 14.4 Å². The molecular weight excluding hydrogens is 408 g/mol. The molecule has 1 fully saturated rings. The van der Waals surface area contributed by atoms with Crippen LogP contribution in [0.3, 0.4) is 0 Å². The first-order valence-corrected chi connectivity index (χ1v) is 10.9. The third-order valence-electron chi connectivity index (χ3n) is 4.39. The summed E-state index contributed by atoms with van der Waals surface area (Å²) in [6.07, 6.45) is 3.02. The number of aliphatic hydroxyl groups excluding tert-OH is 1. The second kappa shape index (κ2) is 12.1. The van der Waals surface area contributed by atoms with E-state index in [2.05, 4.69) is 23.3 Å². The average molecular weight is 437 g/mol. The number of hydrogen-bond acceptors (Lipinski definition) is 8. The molecule has 4 unspecified atom stereocenters. The summed E-state index contributed by atoms with van der Waals surface area (Å²) in [7, 11) is 0. The normalized spacial score (nSPS) is 19.6. The largest absolute Gasteiger partial charge is 0.480 e. The highest BCUT2D eigenvalue weighted by Gasteiger charge is 2.38. The monoisotopic (exact) mass is 436 g/mol. The number of thioether (sulfide) groups is 1. The molecule has 0 saturated carbocycles. The SMILES string of the molecule is CSCCC(NC(=O)C1CCCN1C(=O)C(CO)NC(=O)C(N)CS)C(=O)O. The van der Waals surface area contributed by atoms with Crippen LogP contribution < -0.4 is 16.4 Å². The number of carbonyl (C=O) groups is 4. The van der Waals surface area contributed by atoms with E-state index in [-0.39, 0.29) is 18.7 Å². The zero-order chi connectivity index (χ0) is 21.3. The third kappa shape index (κ3) is 6.83. The van der Waals surface area contributed by atoms with E-state index < -0.39 is 54.5 Å². The van der Waals surface area contributed by atoms with Crippen molar-refractivity contribution in [2.24, 2.45) is 5.73 Å². The van der Waals surface area contributed by atoms with E-state index in [9.17, 15) is 29.4 Å². The number of aliphatic hydroxyl groups is 1. The van der Waals surface area contributed by atoms with Crippen LogP contribution in [0.15, 0.2) is 0 Å². The highest BCUT2D eigenvalue weighted by Crippen LogP contribution is 2.19. The number of carbonyl (C=O) groups excluding carboxylic acids is 3. The van der Waals surface area contributed by atoms with Crippen molar-refractivity contribution in [3.05, 3.63) is 0 Å². The van der Waals surface area contributed by atoms with E-state index in [0.717, 1.165) is 0 Å². The van der Waals surface area contributed by atoms with E-state index in [1.165, 1.54) is 16.7 Å². The molecule has 10 nitrogen and oxygen atoms in total. The second-order valence-corrected chi connectivity index (χ2v) is 7.75. The number of amides is 3. The van der Waals surface area contributed by atoms with Crippen molar-refractivity contribution in [2.45, 2.75) is 43.4 Å². The van der Waals surface area contributed by atoms with Crippen LogP contribution in [-0.2, 0) is 19.2 Å². The summed E-state index contributed by atoms with van der Waals surface area (Å²) in [4.78, 5) is 49.8. The predicted molar refractivity (Wildman–Crippen MR) is 108 cm³/mol. The van der Waals surface area contributed by atoms with Crippen LogP contribution in [0.4, 0.5) is 0 Å². The zero-order valence-electron chi connectivity index (χ0n) is 15.7. The minimum absolute atomic E-state index is 0.0690. The number of hydrogen-bond donors (Lipinski definition) is 6. The third-order valence-corrected chi connectivity index (χ3v) is 5.43. The summed E-state index contributed by atoms with van der Waals surface area (Å²) in [5.41, 5.74) is 5.56. The lowest BCUT2D eigenvalue weighted by Gasteiger charge is -2.29. The fourth-order valence-corrected chi connectivity index (χ4v) is 3.45. The molecule has 160 valence electrons. The van der Waals surface area contributed by atoms with Crippen LogP contribution in [0.1, 0.15) is 19.3 Å². The number of carboxylic acids is 1. The van der Waals surface area contributed by atoms with Crippen molar-refractivity contribution in [3.8, 4) is 0 Å². The van der Waals surface area contributed by atoms with E-state index >= 15 is 0 Å². The average Bonchev–Trinajstić information content (AvgIpc) is 3.17. The van der Waals surface area contributed by atoms with Crippen LogP contribution in [-0.4, -0.2) is 93.9 Å². The molecule has 6 N–H and O–H groups in total. The molecule has 1 saturated heterocycles. The molecule has 4 atom stereocenters. The first-order valence-electron chi connectivity index (χ1n) is 8.87. The minimum atomic E-state index is -1.24. The van der Waals surface area contributed by atoms with Gasteiger partial charge in [-0.15, -0.1) is 0 Å². The quantitative estimate of drug-likeness (QED) is 0.203. The zero-order valence-corrected chi connectivity index (χ0v) is 17.4. The van der Waals surface area contributed by atoms with Crippen molar-refractivity contribution in [1.29, 1.82) is 0 Å². The molecule has 0 aromatic heterocycles. The maximum absolute atomic E-state index is 12.7. The second-order valence-electron chi connectivity index (χ2n) is 6.40. The van der Waals surface area contributed by atoms with Crippen molar-refractivity contribution < 1.29 is 29.4 Å². The number of aliphatic carboxylic acids is 1. The molecule has 0 aromatic carbocycles. The number of nitrogens with two attached hydrogens (primary N) is 1. The lowest BCUT2D eigenvalue weighted by Crippen LogP contribution is -2.58. The Balaban J connectivity index is 2.80. The molecular formula is C16H28N4O6S2.